The minimum atomic E-state index is -3.64. The molecule has 3 rings (SSSR count). The number of methoxy groups -OCH3 is 1. The van der Waals surface area contributed by atoms with Gasteiger partial charge in [-0.2, -0.15) is 0 Å². The summed E-state index contributed by atoms with van der Waals surface area (Å²) in [7, 11) is -2.00. The highest BCUT2D eigenvalue weighted by Crippen LogP contribution is 2.26. The lowest BCUT2D eigenvalue weighted by Gasteiger charge is -2.28. The third kappa shape index (κ3) is 6.77. The molecule has 7 nitrogen and oxygen atoms in total. The summed E-state index contributed by atoms with van der Waals surface area (Å²) < 4.78 is 33.2. The van der Waals surface area contributed by atoms with Gasteiger partial charge >= 0.3 is 0 Å². The fourth-order valence-electron chi connectivity index (χ4n) is 3.63. The number of likely N-dealkylation sites (tertiary alicyclic amines) is 1. The molecule has 0 radical (unpaired) electrons. The minimum Gasteiger partial charge on any atom is -0.497 e. The van der Waals surface area contributed by atoms with Crippen LogP contribution in [0.4, 0.5) is 0 Å². The van der Waals surface area contributed by atoms with Crippen LogP contribution in [0.2, 0.25) is 0 Å². The molecule has 1 aliphatic rings. The maximum atomic E-state index is 12.4. The third-order valence-electron chi connectivity index (χ3n) is 5.34. The van der Waals surface area contributed by atoms with Crippen LogP contribution in [-0.2, 0) is 14.8 Å². The standard InChI is InChI=1S/C22H28BrN3O4S/c1-30-19-8-4-17(5-9-19)21(26-14-2-3-15-26)16-24-22(27)12-13-25-31(28,29)20-10-6-18(23)7-11-20/h4-11,21,25H,2-3,12-16H2,1H3,(H,24,27)/t21-/m0/s1. The molecule has 1 fully saturated rings. The highest BCUT2D eigenvalue weighted by molar-refractivity contribution is 9.10. The SMILES string of the molecule is COc1ccc([C@H](CNC(=O)CCNS(=O)(=O)c2ccc(Br)cc2)N2CCCC2)cc1. The van der Waals surface area contributed by atoms with Crippen LogP contribution in [0.1, 0.15) is 30.9 Å². The Morgan fingerprint density at radius 2 is 1.74 bits per heavy atom. The van der Waals surface area contributed by atoms with E-state index in [4.69, 9.17) is 4.74 Å². The first kappa shape index (κ1) is 23.7. The summed E-state index contributed by atoms with van der Waals surface area (Å²) in [6.45, 7) is 2.52. The number of nitrogens with one attached hydrogen (secondary N) is 2. The lowest BCUT2D eigenvalue weighted by Crippen LogP contribution is -2.38. The maximum absolute atomic E-state index is 12.4. The molecule has 0 saturated carbocycles. The Bertz CT molecular complexity index is 959. The van der Waals surface area contributed by atoms with Crippen molar-refractivity contribution in [2.24, 2.45) is 0 Å². The van der Waals surface area contributed by atoms with Crippen molar-refractivity contribution in [3.8, 4) is 5.75 Å². The highest BCUT2D eigenvalue weighted by atomic mass is 79.9. The third-order valence-corrected chi connectivity index (χ3v) is 7.35. The number of benzene rings is 2. The summed E-state index contributed by atoms with van der Waals surface area (Å²) in [6, 6.07) is 14.4. The Hall–Kier alpha value is -1.94. The van der Waals surface area contributed by atoms with E-state index in [1.807, 2.05) is 24.3 Å². The molecule has 1 heterocycles. The Morgan fingerprint density at radius 1 is 1.10 bits per heavy atom. The lowest BCUT2D eigenvalue weighted by molar-refractivity contribution is -0.121. The van der Waals surface area contributed by atoms with Crippen LogP contribution in [0.15, 0.2) is 57.9 Å². The zero-order chi connectivity index (χ0) is 22.3. The molecular weight excluding hydrogens is 482 g/mol. The number of nitrogens with zero attached hydrogens (tertiary/aromatic N) is 1. The summed E-state index contributed by atoms with van der Waals surface area (Å²) in [6.07, 6.45) is 2.38. The highest BCUT2D eigenvalue weighted by Gasteiger charge is 2.24. The van der Waals surface area contributed by atoms with Crippen molar-refractivity contribution >= 4 is 31.9 Å². The van der Waals surface area contributed by atoms with Crippen molar-refractivity contribution in [1.82, 2.24) is 14.9 Å². The van der Waals surface area contributed by atoms with Crippen LogP contribution in [-0.4, -0.2) is 52.5 Å². The Morgan fingerprint density at radius 3 is 2.35 bits per heavy atom. The van der Waals surface area contributed by atoms with E-state index in [0.29, 0.717) is 6.54 Å². The second-order valence-electron chi connectivity index (χ2n) is 7.44. The Labute approximate surface area is 192 Å². The van der Waals surface area contributed by atoms with Crippen molar-refractivity contribution in [3.63, 3.8) is 0 Å². The molecule has 1 atom stereocenters. The smallest absolute Gasteiger partial charge is 0.240 e. The van der Waals surface area contributed by atoms with E-state index >= 15 is 0 Å². The summed E-state index contributed by atoms with van der Waals surface area (Å²) in [5.41, 5.74) is 1.12. The molecule has 2 N–H and O–H groups in total. The van der Waals surface area contributed by atoms with Crippen LogP contribution < -0.4 is 14.8 Å². The largest absolute Gasteiger partial charge is 0.497 e. The van der Waals surface area contributed by atoms with Gasteiger partial charge in [0.2, 0.25) is 15.9 Å². The summed E-state index contributed by atoms with van der Waals surface area (Å²) in [4.78, 5) is 14.9. The summed E-state index contributed by atoms with van der Waals surface area (Å²) >= 11 is 3.28. The van der Waals surface area contributed by atoms with Crippen LogP contribution in [0, 0.1) is 0 Å². The van der Waals surface area contributed by atoms with Crippen molar-refractivity contribution in [2.75, 3.05) is 33.3 Å². The molecule has 0 spiro atoms. The van der Waals surface area contributed by atoms with E-state index in [1.165, 1.54) is 12.1 Å². The van der Waals surface area contributed by atoms with E-state index in [-0.39, 0.29) is 29.8 Å². The van der Waals surface area contributed by atoms with Gasteiger partial charge in [-0.1, -0.05) is 28.1 Å². The molecule has 0 aliphatic carbocycles. The molecule has 9 heteroatoms. The molecule has 2 aromatic rings. The van der Waals surface area contributed by atoms with Gasteiger partial charge in [0.15, 0.2) is 0 Å². The van der Waals surface area contributed by atoms with Crippen LogP contribution in [0.5, 0.6) is 5.75 Å². The monoisotopic (exact) mass is 509 g/mol. The zero-order valence-electron chi connectivity index (χ0n) is 17.5. The fourth-order valence-corrected chi connectivity index (χ4v) is 4.93. The fraction of sp³-hybridized carbons (Fsp3) is 0.409. The van der Waals surface area contributed by atoms with Gasteiger partial charge in [0, 0.05) is 24.0 Å². The van der Waals surface area contributed by atoms with E-state index < -0.39 is 10.0 Å². The maximum Gasteiger partial charge on any atom is 0.240 e. The lowest BCUT2D eigenvalue weighted by atomic mass is 10.1. The second-order valence-corrected chi connectivity index (χ2v) is 10.1. The molecule has 0 aromatic heterocycles. The predicted molar refractivity (Wildman–Crippen MR) is 123 cm³/mol. The van der Waals surface area contributed by atoms with Gasteiger partial charge in [0.05, 0.1) is 18.0 Å². The zero-order valence-corrected chi connectivity index (χ0v) is 19.9. The first-order chi connectivity index (χ1) is 14.9. The molecule has 1 amide bonds. The number of hydrogen-bond acceptors (Lipinski definition) is 5. The number of ether oxygens (including phenoxy) is 1. The summed E-state index contributed by atoms with van der Waals surface area (Å²) in [5, 5.41) is 2.97. The molecule has 0 bridgehead atoms. The van der Waals surface area contributed by atoms with E-state index in [0.717, 1.165) is 41.7 Å². The van der Waals surface area contributed by atoms with Gasteiger partial charge in [0.25, 0.3) is 0 Å². The number of carbonyl (C=O) groups excluding carboxylic acids is 1. The predicted octanol–water partition coefficient (Wildman–Crippen LogP) is 3.08. The molecule has 31 heavy (non-hydrogen) atoms. The van der Waals surface area contributed by atoms with Gasteiger partial charge in [-0.25, -0.2) is 13.1 Å². The van der Waals surface area contributed by atoms with Crippen molar-refractivity contribution in [3.05, 3.63) is 58.6 Å². The first-order valence-corrected chi connectivity index (χ1v) is 12.6. The Kier molecular flexibility index (Phi) is 8.48. The first-order valence-electron chi connectivity index (χ1n) is 10.3. The number of hydrogen-bond donors (Lipinski definition) is 2. The number of halogens is 1. The number of rotatable bonds is 10. The van der Waals surface area contributed by atoms with Gasteiger partial charge in [-0.05, 0) is 67.9 Å². The topological polar surface area (TPSA) is 87.7 Å². The normalized spacial score (nSPS) is 15.5. The number of amides is 1. The molecular formula is C22H28BrN3O4S. The molecule has 1 aliphatic heterocycles. The summed E-state index contributed by atoms with van der Waals surface area (Å²) in [5.74, 6) is 0.613. The minimum absolute atomic E-state index is 0.0428. The van der Waals surface area contributed by atoms with Gasteiger partial charge in [-0.3, -0.25) is 9.69 Å². The average molecular weight is 510 g/mol. The molecule has 2 aromatic carbocycles. The van der Waals surface area contributed by atoms with Crippen molar-refractivity contribution < 1.29 is 17.9 Å². The van der Waals surface area contributed by atoms with Crippen LogP contribution in [0.3, 0.4) is 0 Å². The van der Waals surface area contributed by atoms with Gasteiger partial charge in [-0.15, -0.1) is 0 Å². The van der Waals surface area contributed by atoms with Crippen LogP contribution in [0.25, 0.3) is 0 Å². The number of sulfonamides is 1. The molecule has 0 unspecified atom stereocenters. The molecule has 1 saturated heterocycles. The van der Waals surface area contributed by atoms with E-state index in [2.05, 4.69) is 30.9 Å². The molecule has 168 valence electrons. The quantitative estimate of drug-likeness (QED) is 0.513. The average Bonchev–Trinajstić information content (AvgIpc) is 3.29. The van der Waals surface area contributed by atoms with E-state index in [9.17, 15) is 13.2 Å². The van der Waals surface area contributed by atoms with Gasteiger partial charge in [0.1, 0.15) is 5.75 Å². The van der Waals surface area contributed by atoms with Crippen molar-refractivity contribution in [2.45, 2.75) is 30.2 Å². The van der Waals surface area contributed by atoms with E-state index in [1.54, 1.807) is 19.2 Å². The Balaban J connectivity index is 1.52. The van der Waals surface area contributed by atoms with Crippen LogP contribution >= 0.6 is 15.9 Å². The second kappa shape index (κ2) is 11.1. The van der Waals surface area contributed by atoms with Gasteiger partial charge < -0.3 is 10.1 Å². The number of carbonyl (C=O) groups is 1. The van der Waals surface area contributed by atoms with Crippen molar-refractivity contribution in [1.29, 1.82) is 0 Å².